The number of rotatable bonds is 9. The minimum atomic E-state index is 0. The first-order valence-electron chi connectivity index (χ1n) is 8.84. The van der Waals surface area contributed by atoms with Gasteiger partial charge in [0.25, 0.3) is 0 Å². The van der Waals surface area contributed by atoms with E-state index < -0.39 is 0 Å². The average molecular weight is 466 g/mol. The van der Waals surface area contributed by atoms with Crippen LogP contribution in [-0.2, 0) is 15.9 Å². The molecule has 0 radical (unpaired) electrons. The van der Waals surface area contributed by atoms with Crippen molar-refractivity contribution < 1.29 is 14.0 Å². The Labute approximate surface area is 167 Å². The standard InChI is InChI=1S/C17H30N4O3.HI/c1-4-18-17(19-8-5-10-23-15-7-11-22-12-15)20-9-6-16-13(2)21-24-14(16)3;/h15H,4-12H2,1-3H3,(H2,18,19,20);1H. The molecular formula is C17H31IN4O3. The molecule has 1 atom stereocenters. The van der Waals surface area contributed by atoms with Gasteiger partial charge in [0.05, 0.1) is 18.4 Å². The van der Waals surface area contributed by atoms with Gasteiger partial charge in [-0.25, -0.2) is 0 Å². The zero-order valence-electron chi connectivity index (χ0n) is 15.5. The first-order chi connectivity index (χ1) is 11.7. The molecule has 0 aromatic carbocycles. The van der Waals surface area contributed by atoms with Gasteiger partial charge in [-0.05, 0) is 40.0 Å². The third-order valence-electron chi connectivity index (χ3n) is 4.01. The summed E-state index contributed by atoms with van der Waals surface area (Å²) in [5, 5.41) is 10.6. The van der Waals surface area contributed by atoms with Crippen LogP contribution >= 0.6 is 24.0 Å². The molecule has 8 heteroatoms. The number of ether oxygens (including phenoxy) is 2. The third kappa shape index (κ3) is 7.91. The van der Waals surface area contributed by atoms with Gasteiger partial charge in [-0.3, -0.25) is 4.99 Å². The Morgan fingerprint density at radius 2 is 2.20 bits per heavy atom. The van der Waals surface area contributed by atoms with E-state index in [1.54, 1.807) is 0 Å². The Morgan fingerprint density at radius 1 is 1.36 bits per heavy atom. The number of hydrogen-bond acceptors (Lipinski definition) is 5. The van der Waals surface area contributed by atoms with Crippen molar-refractivity contribution in [3.8, 4) is 0 Å². The number of aryl methyl sites for hydroxylation is 2. The molecule has 1 aromatic rings. The number of halogens is 1. The maximum Gasteiger partial charge on any atom is 0.191 e. The zero-order chi connectivity index (χ0) is 17.2. The molecule has 2 N–H and O–H groups in total. The van der Waals surface area contributed by atoms with Crippen molar-refractivity contribution in [1.29, 1.82) is 0 Å². The van der Waals surface area contributed by atoms with E-state index in [0.29, 0.717) is 0 Å². The van der Waals surface area contributed by atoms with Crippen LogP contribution in [0.15, 0.2) is 9.52 Å². The van der Waals surface area contributed by atoms with Crippen LogP contribution in [0.2, 0.25) is 0 Å². The van der Waals surface area contributed by atoms with Crippen LogP contribution in [0.3, 0.4) is 0 Å². The van der Waals surface area contributed by atoms with Gasteiger partial charge in [0.1, 0.15) is 5.76 Å². The minimum Gasteiger partial charge on any atom is -0.379 e. The number of hydrogen-bond donors (Lipinski definition) is 2. The molecule has 25 heavy (non-hydrogen) atoms. The third-order valence-corrected chi connectivity index (χ3v) is 4.01. The van der Waals surface area contributed by atoms with E-state index in [1.165, 1.54) is 5.56 Å². The average Bonchev–Trinajstić information content (AvgIpc) is 3.19. The second-order valence-electron chi connectivity index (χ2n) is 5.95. The molecule has 1 saturated heterocycles. The van der Waals surface area contributed by atoms with Crippen LogP contribution in [-0.4, -0.2) is 56.7 Å². The Kier molecular flexibility index (Phi) is 11.1. The topological polar surface area (TPSA) is 80.9 Å². The van der Waals surface area contributed by atoms with Crippen molar-refractivity contribution in [1.82, 2.24) is 15.8 Å². The normalized spacial score (nSPS) is 17.4. The SMILES string of the molecule is CCNC(=NCCCOC1CCOC1)NCCc1c(C)noc1C.I. The van der Waals surface area contributed by atoms with E-state index in [2.05, 4.69) is 27.7 Å². The molecule has 1 aliphatic heterocycles. The van der Waals surface area contributed by atoms with Gasteiger partial charge in [-0.1, -0.05) is 5.16 Å². The summed E-state index contributed by atoms with van der Waals surface area (Å²) in [5.41, 5.74) is 2.13. The van der Waals surface area contributed by atoms with Gasteiger partial charge >= 0.3 is 0 Å². The van der Waals surface area contributed by atoms with E-state index in [9.17, 15) is 0 Å². The number of aliphatic imine (C=N–C) groups is 1. The highest BCUT2D eigenvalue weighted by atomic mass is 127. The summed E-state index contributed by atoms with van der Waals surface area (Å²) >= 11 is 0. The summed E-state index contributed by atoms with van der Waals surface area (Å²) < 4.78 is 16.2. The highest BCUT2D eigenvalue weighted by Crippen LogP contribution is 2.12. The van der Waals surface area contributed by atoms with Crippen LogP contribution in [0, 0.1) is 13.8 Å². The second kappa shape index (κ2) is 12.5. The first-order valence-corrected chi connectivity index (χ1v) is 8.84. The predicted octanol–water partition coefficient (Wildman–Crippen LogP) is 2.20. The van der Waals surface area contributed by atoms with Gasteiger partial charge in [0.15, 0.2) is 5.96 Å². The number of nitrogens with one attached hydrogen (secondary N) is 2. The van der Waals surface area contributed by atoms with E-state index in [1.807, 2.05) is 13.8 Å². The van der Waals surface area contributed by atoms with Crippen LogP contribution in [0.1, 0.15) is 36.8 Å². The summed E-state index contributed by atoms with van der Waals surface area (Å²) in [7, 11) is 0. The number of guanidine groups is 1. The lowest BCUT2D eigenvalue weighted by molar-refractivity contribution is 0.0424. The maximum absolute atomic E-state index is 5.75. The molecular weight excluding hydrogens is 435 g/mol. The molecule has 0 saturated carbocycles. The van der Waals surface area contributed by atoms with Crippen LogP contribution < -0.4 is 10.6 Å². The largest absolute Gasteiger partial charge is 0.379 e. The summed E-state index contributed by atoms with van der Waals surface area (Å²) in [6.45, 7) is 10.7. The van der Waals surface area contributed by atoms with Crippen LogP contribution in [0.5, 0.6) is 0 Å². The number of aromatic nitrogens is 1. The summed E-state index contributed by atoms with van der Waals surface area (Å²) in [6, 6.07) is 0. The van der Waals surface area contributed by atoms with E-state index in [0.717, 1.165) is 76.1 Å². The van der Waals surface area contributed by atoms with Crippen molar-refractivity contribution >= 4 is 29.9 Å². The minimum absolute atomic E-state index is 0. The van der Waals surface area contributed by atoms with E-state index >= 15 is 0 Å². The summed E-state index contributed by atoms with van der Waals surface area (Å²) in [4.78, 5) is 4.59. The molecule has 1 aliphatic rings. The van der Waals surface area contributed by atoms with Crippen molar-refractivity contribution in [2.45, 2.75) is 46.1 Å². The number of nitrogens with zero attached hydrogens (tertiary/aromatic N) is 2. The monoisotopic (exact) mass is 466 g/mol. The predicted molar refractivity (Wildman–Crippen MR) is 109 cm³/mol. The van der Waals surface area contributed by atoms with Crippen molar-refractivity contribution in [3.05, 3.63) is 17.0 Å². The van der Waals surface area contributed by atoms with Gasteiger partial charge < -0.3 is 24.6 Å². The van der Waals surface area contributed by atoms with Crippen molar-refractivity contribution in [2.75, 3.05) is 39.5 Å². The van der Waals surface area contributed by atoms with E-state index in [-0.39, 0.29) is 30.1 Å². The molecule has 0 bridgehead atoms. The first kappa shape index (κ1) is 22.2. The fourth-order valence-corrected chi connectivity index (χ4v) is 2.66. The second-order valence-corrected chi connectivity index (χ2v) is 5.95. The lowest BCUT2D eigenvalue weighted by Crippen LogP contribution is -2.38. The quantitative estimate of drug-likeness (QED) is 0.252. The van der Waals surface area contributed by atoms with Gasteiger partial charge in [-0.15, -0.1) is 24.0 Å². The maximum atomic E-state index is 5.75. The fourth-order valence-electron chi connectivity index (χ4n) is 2.66. The smallest absolute Gasteiger partial charge is 0.191 e. The molecule has 2 heterocycles. The molecule has 2 rings (SSSR count). The molecule has 144 valence electrons. The summed E-state index contributed by atoms with van der Waals surface area (Å²) in [6.07, 6.45) is 3.07. The van der Waals surface area contributed by atoms with Crippen molar-refractivity contribution in [2.24, 2.45) is 4.99 Å². The van der Waals surface area contributed by atoms with Gasteiger partial charge in [0.2, 0.25) is 0 Å². The van der Waals surface area contributed by atoms with Gasteiger partial charge in [0, 0.05) is 38.4 Å². The van der Waals surface area contributed by atoms with Crippen molar-refractivity contribution in [3.63, 3.8) is 0 Å². The fraction of sp³-hybridized carbons (Fsp3) is 0.765. The molecule has 7 nitrogen and oxygen atoms in total. The molecule has 1 unspecified atom stereocenters. The lowest BCUT2D eigenvalue weighted by Gasteiger charge is -2.12. The highest BCUT2D eigenvalue weighted by molar-refractivity contribution is 14.0. The Balaban J connectivity index is 0.00000312. The van der Waals surface area contributed by atoms with Gasteiger partial charge in [-0.2, -0.15) is 0 Å². The Hall–Kier alpha value is -0.870. The molecule has 0 aliphatic carbocycles. The summed E-state index contributed by atoms with van der Waals surface area (Å²) in [5.74, 6) is 1.73. The molecule has 0 spiro atoms. The molecule has 1 aromatic heterocycles. The Morgan fingerprint density at radius 3 is 2.84 bits per heavy atom. The van der Waals surface area contributed by atoms with Crippen LogP contribution in [0.25, 0.3) is 0 Å². The van der Waals surface area contributed by atoms with E-state index in [4.69, 9.17) is 14.0 Å². The molecule has 1 fully saturated rings. The molecule has 0 amide bonds. The van der Waals surface area contributed by atoms with Crippen LogP contribution in [0.4, 0.5) is 0 Å². The highest BCUT2D eigenvalue weighted by Gasteiger charge is 2.15. The lowest BCUT2D eigenvalue weighted by atomic mass is 10.1. The zero-order valence-corrected chi connectivity index (χ0v) is 17.8. The Bertz CT molecular complexity index is 496.